The maximum atomic E-state index is 10.2. The molecule has 0 fully saturated rings. The second-order valence-corrected chi connectivity index (χ2v) is 2.90. The smallest absolute Gasteiger partial charge is 0.550 e. The van der Waals surface area contributed by atoms with Crippen molar-refractivity contribution in [2.75, 3.05) is 14.2 Å². The van der Waals surface area contributed by atoms with E-state index >= 15 is 0 Å². The number of hydrogen-bond donors (Lipinski definition) is 0. The van der Waals surface area contributed by atoms with Crippen molar-refractivity contribution >= 4 is 23.9 Å². The Morgan fingerprint density at radius 2 is 0.952 bits per heavy atom. The summed E-state index contributed by atoms with van der Waals surface area (Å²) in [5, 5.41) is 19.4. The van der Waals surface area contributed by atoms with Crippen molar-refractivity contribution in [1.29, 1.82) is 0 Å². The average Bonchev–Trinajstić information content (AvgIpc) is 2.33. The summed E-state index contributed by atoms with van der Waals surface area (Å²) < 4.78 is 8.34. The fraction of sp³-hybridized carbons (Fsp3) is 0.600. The molecule has 4 N–H and O–H groups in total. The quantitative estimate of drug-likeness (QED) is 0.336. The second kappa shape index (κ2) is 20.6. The zero-order chi connectivity index (χ0) is 14.6. The number of esters is 2. The molecule has 0 unspecified atom stereocenters. The van der Waals surface area contributed by atoms with Gasteiger partial charge in [0.25, 0.3) is 0 Å². The third-order valence-corrected chi connectivity index (χ3v) is 1.52. The van der Waals surface area contributed by atoms with E-state index in [1.165, 1.54) is 14.2 Å². The van der Waals surface area contributed by atoms with Crippen molar-refractivity contribution < 1.29 is 66.3 Å². The van der Waals surface area contributed by atoms with Crippen LogP contribution in [-0.4, -0.2) is 49.0 Å². The SMILES string of the molecule is COC(=O)CCC(=O)[O-].COC(=O)CCC(=O)[O-].O.O.[Ni+2]. The summed E-state index contributed by atoms with van der Waals surface area (Å²) in [4.78, 5) is 39.8. The van der Waals surface area contributed by atoms with Crippen LogP contribution in [0.1, 0.15) is 25.7 Å². The molecule has 0 aromatic heterocycles. The first kappa shape index (κ1) is 31.6. The molecule has 0 saturated heterocycles. The van der Waals surface area contributed by atoms with Gasteiger partial charge in [0.15, 0.2) is 0 Å². The van der Waals surface area contributed by atoms with Crippen LogP contribution in [0.25, 0.3) is 0 Å². The van der Waals surface area contributed by atoms with Crippen LogP contribution in [0, 0.1) is 0 Å². The minimum absolute atomic E-state index is 0. The Morgan fingerprint density at radius 3 is 1.10 bits per heavy atom. The van der Waals surface area contributed by atoms with Gasteiger partial charge in [0.1, 0.15) is 0 Å². The van der Waals surface area contributed by atoms with Gasteiger partial charge in [-0.05, 0) is 12.8 Å². The molecular weight excluding hydrogens is 339 g/mol. The molecule has 21 heavy (non-hydrogen) atoms. The van der Waals surface area contributed by atoms with Crippen molar-refractivity contribution in [2.45, 2.75) is 25.7 Å². The number of aliphatic carboxylic acids is 2. The van der Waals surface area contributed by atoms with Crippen LogP contribution in [0.3, 0.4) is 0 Å². The third kappa shape index (κ3) is 32.1. The van der Waals surface area contributed by atoms with E-state index in [4.69, 9.17) is 0 Å². The van der Waals surface area contributed by atoms with Gasteiger partial charge in [-0.2, -0.15) is 0 Å². The minimum atomic E-state index is -1.24. The number of carbonyl (C=O) groups is 4. The average molecular weight is 357 g/mol. The molecular formula is C10H18NiO10. The van der Waals surface area contributed by atoms with Crippen molar-refractivity contribution in [1.82, 2.24) is 0 Å². The zero-order valence-corrected chi connectivity index (χ0v) is 12.4. The largest absolute Gasteiger partial charge is 2.00 e. The molecule has 0 heterocycles. The molecule has 0 atom stereocenters. The van der Waals surface area contributed by atoms with Gasteiger partial charge in [0, 0.05) is 11.9 Å². The standard InChI is InChI=1S/2C5H8O4.Ni.2H2O/c2*1-9-5(8)3-2-4(6)7;;;/h2*2-3H2,1H3,(H,6,7);;2*1H2/q;;+2;;/p-2. The summed E-state index contributed by atoms with van der Waals surface area (Å²) in [6.45, 7) is 0. The fourth-order valence-corrected chi connectivity index (χ4v) is 0.612. The van der Waals surface area contributed by atoms with Crippen LogP contribution in [0.5, 0.6) is 0 Å². The molecule has 0 aliphatic carbocycles. The van der Waals surface area contributed by atoms with Crippen molar-refractivity contribution in [3.8, 4) is 0 Å². The van der Waals surface area contributed by atoms with Crippen LogP contribution >= 0.6 is 0 Å². The third-order valence-electron chi connectivity index (χ3n) is 1.52. The van der Waals surface area contributed by atoms with Gasteiger partial charge in [-0.15, -0.1) is 0 Å². The van der Waals surface area contributed by atoms with Gasteiger partial charge in [0.2, 0.25) is 0 Å². The molecule has 0 bridgehead atoms. The van der Waals surface area contributed by atoms with E-state index in [1.807, 2.05) is 0 Å². The van der Waals surface area contributed by atoms with Crippen molar-refractivity contribution in [2.24, 2.45) is 0 Å². The van der Waals surface area contributed by atoms with Crippen LogP contribution < -0.4 is 10.2 Å². The Kier molecular flexibility index (Phi) is 31.0. The predicted octanol–water partition coefficient (Wildman–Crippen LogP) is -4.27. The zero-order valence-electron chi connectivity index (χ0n) is 11.4. The van der Waals surface area contributed by atoms with Gasteiger partial charge in [-0.3, -0.25) is 9.59 Å². The number of ether oxygens (including phenoxy) is 2. The molecule has 0 aliphatic rings. The maximum absolute atomic E-state index is 10.2. The molecule has 0 rings (SSSR count). The number of carbonyl (C=O) groups excluding carboxylic acids is 4. The van der Waals surface area contributed by atoms with Gasteiger partial charge in [-0.25, -0.2) is 0 Å². The molecule has 128 valence electrons. The number of carboxylic acids is 2. The molecule has 0 aromatic carbocycles. The Balaban J connectivity index is -0.0000000711. The van der Waals surface area contributed by atoms with E-state index in [0.29, 0.717) is 0 Å². The van der Waals surface area contributed by atoms with Gasteiger partial charge in [0.05, 0.1) is 27.1 Å². The molecule has 0 saturated carbocycles. The van der Waals surface area contributed by atoms with Crippen molar-refractivity contribution in [3.05, 3.63) is 0 Å². The summed E-state index contributed by atoms with van der Waals surface area (Å²) in [6, 6.07) is 0. The topological polar surface area (TPSA) is 196 Å². The van der Waals surface area contributed by atoms with E-state index < -0.39 is 23.9 Å². The van der Waals surface area contributed by atoms with Crippen LogP contribution in [0.15, 0.2) is 0 Å². The Labute approximate surface area is 130 Å². The molecule has 0 aliphatic heterocycles. The number of rotatable bonds is 6. The van der Waals surface area contributed by atoms with Gasteiger partial charge in [-0.1, -0.05) is 0 Å². The van der Waals surface area contributed by atoms with E-state index in [0.717, 1.165) is 0 Å². The van der Waals surface area contributed by atoms with Gasteiger partial charge >= 0.3 is 28.4 Å². The van der Waals surface area contributed by atoms with E-state index in [2.05, 4.69) is 9.47 Å². The van der Waals surface area contributed by atoms with E-state index in [9.17, 15) is 29.4 Å². The summed E-state index contributed by atoms with van der Waals surface area (Å²) >= 11 is 0. The molecule has 0 aromatic rings. The van der Waals surface area contributed by atoms with Crippen LogP contribution in [0.4, 0.5) is 0 Å². The first-order valence-corrected chi connectivity index (χ1v) is 4.86. The molecule has 0 spiro atoms. The summed E-state index contributed by atoms with van der Waals surface area (Å²) in [6.07, 6.45) is -0.767. The Bertz CT molecular complexity index is 274. The van der Waals surface area contributed by atoms with Crippen LogP contribution in [-0.2, 0) is 45.1 Å². The summed E-state index contributed by atoms with van der Waals surface area (Å²) in [5.41, 5.74) is 0. The minimum Gasteiger partial charge on any atom is -0.550 e. The monoisotopic (exact) mass is 356 g/mol. The molecule has 0 radical (unpaired) electrons. The fourth-order valence-electron chi connectivity index (χ4n) is 0.612. The summed E-state index contributed by atoms with van der Waals surface area (Å²) in [5.74, 6) is -3.53. The molecule has 10 nitrogen and oxygen atoms in total. The Morgan fingerprint density at radius 1 is 0.714 bits per heavy atom. The van der Waals surface area contributed by atoms with Crippen LogP contribution in [0.2, 0.25) is 0 Å². The first-order valence-electron chi connectivity index (χ1n) is 4.86. The Hall–Kier alpha value is -1.71. The van der Waals surface area contributed by atoms with E-state index in [1.54, 1.807) is 0 Å². The number of carboxylic acid groups (broad SMARTS) is 2. The molecule has 11 heteroatoms. The number of methoxy groups -OCH3 is 2. The van der Waals surface area contributed by atoms with Crippen molar-refractivity contribution in [3.63, 3.8) is 0 Å². The maximum Gasteiger partial charge on any atom is 2.00 e. The molecule has 0 amide bonds. The van der Waals surface area contributed by atoms with Gasteiger partial charge < -0.3 is 40.2 Å². The summed E-state index contributed by atoms with van der Waals surface area (Å²) in [7, 11) is 2.41. The first-order chi connectivity index (χ1) is 8.33. The second-order valence-electron chi connectivity index (χ2n) is 2.90. The number of hydrogen-bond acceptors (Lipinski definition) is 8. The normalized spacial score (nSPS) is 7.33. The predicted molar refractivity (Wildman–Crippen MR) is 59.7 cm³/mol. The van der Waals surface area contributed by atoms with E-state index in [-0.39, 0.29) is 53.1 Å².